The minimum atomic E-state index is -4.43. The van der Waals surface area contributed by atoms with Gasteiger partial charge < -0.3 is 0 Å². The summed E-state index contributed by atoms with van der Waals surface area (Å²) in [6.45, 7) is -0.294. The van der Waals surface area contributed by atoms with Crippen molar-refractivity contribution in [2.75, 3.05) is 11.6 Å². The Hall–Kier alpha value is -1.53. The first-order valence-electron chi connectivity index (χ1n) is 3.75. The van der Waals surface area contributed by atoms with E-state index in [1.807, 2.05) is 0 Å². The van der Waals surface area contributed by atoms with Gasteiger partial charge in [0, 0.05) is 13.1 Å². The third-order valence-electron chi connectivity index (χ3n) is 1.43. The number of hydrogen-bond acceptors (Lipinski definition) is 2. The monoisotopic (exact) mass is 207 g/mol. The fraction of sp³-hybridized carbons (Fsp3) is 0.429. The second-order valence-corrected chi connectivity index (χ2v) is 2.62. The van der Waals surface area contributed by atoms with Crippen molar-refractivity contribution < 1.29 is 18.0 Å². The van der Waals surface area contributed by atoms with Crippen LogP contribution in [-0.4, -0.2) is 28.5 Å². The zero-order chi connectivity index (χ0) is 10.8. The number of aromatic nitrogens is 2. The molecular formula is C7H8F3N3O. The van der Waals surface area contributed by atoms with Crippen LogP contribution in [0.1, 0.15) is 6.92 Å². The van der Waals surface area contributed by atoms with Crippen molar-refractivity contribution in [2.45, 2.75) is 13.1 Å². The van der Waals surface area contributed by atoms with Crippen LogP contribution in [0.4, 0.5) is 13.2 Å². The molecule has 0 aromatic carbocycles. The van der Waals surface area contributed by atoms with Gasteiger partial charge in [-0.05, 0) is 6.07 Å². The maximum absolute atomic E-state index is 12.0. The molecule has 14 heavy (non-hydrogen) atoms. The van der Waals surface area contributed by atoms with Gasteiger partial charge in [-0.2, -0.15) is 23.1 Å². The van der Waals surface area contributed by atoms with Crippen LogP contribution in [-0.2, 0) is 4.79 Å². The Bertz CT molecular complexity index is 306. The van der Waals surface area contributed by atoms with Crippen molar-refractivity contribution >= 4 is 5.91 Å². The lowest BCUT2D eigenvalue weighted by Gasteiger charge is -2.21. The topological polar surface area (TPSA) is 38.1 Å². The van der Waals surface area contributed by atoms with Gasteiger partial charge >= 0.3 is 6.18 Å². The molecule has 1 rings (SSSR count). The highest BCUT2D eigenvalue weighted by Gasteiger charge is 2.33. The molecule has 0 fully saturated rings. The predicted octanol–water partition coefficient (Wildman–Crippen LogP) is 0.930. The fourth-order valence-corrected chi connectivity index (χ4v) is 0.901. The van der Waals surface area contributed by atoms with Crippen molar-refractivity contribution in [3.63, 3.8) is 0 Å². The molecule has 1 amide bonds. The van der Waals surface area contributed by atoms with Gasteiger partial charge in [-0.15, -0.1) is 0 Å². The normalized spacial score (nSPS) is 11.4. The number of hydrogen-bond donors (Lipinski definition) is 0. The third kappa shape index (κ3) is 2.75. The molecular weight excluding hydrogens is 199 g/mol. The van der Waals surface area contributed by atoms with E-state index in [4.69, 9.17) is 0 Å². The molecule has 0 aliphatic heterocycles. The Balaban J connectivity index is 2.82. The minimum Gasteiger partial charge on any atom is -0.273 e. The summed E-state index contributed by atoms with van der Waals surface area (Å²) in [5.74, 6) is -0.717. The number of nitrogens with zero attached hydrogens (tertiary/aromatic N) is 3. The van der Waals surface area contributed by atoms with E-state index in [0.29, 0.717) is 5.01 Å². The maximum atomic E-state index is 12.0. The van der Waals surface area contributed by atoms with Crippen LogP contribution in [0.2, 0.25) is 0 Å². The van der Waals surface area contributed by atoms with Gasteiger partial charge in [-0.3, -0.25) is 4.79 Å². The first-order valence-corrected chi connectivity index (χ1v) is 3.75. The summed E-state index contributed by atoms with van der Waals surface area (Å²) >= 11 is 0. The van der Waals surface area contributed by atoms with E-state index in [1.54, 1.807) is 0 Å². The van der Waals surface area contributed by atoms with E-state index in [0.717, 1.165) is 11.7 Å². The lowest BCUT2D eigenvalue weighted by atomic mass is 10.5. The van der Waals surface area contributed by atoms with Crippen LogP contribution >= 0.6 is 0 Å². The zero-order valence-corrected chi connectivity index (χ0v) is 7.32. The number of halogens is 3. The SMILES string of the molecule is CC(=O)N(CC(F)(F)F)n1cccn1. The van der Waals surface area contributed by atoms with Crippen LogP contribution in [0, 0.1) is 0 Å². The molecule has 0 unspecified atom stereocenters. The Morgan fingerprint density at radius 3 is 2.57 bits per heavy atom. The molecule has 0 aliphatic rings. The fourth-order valence-electron chi connectivity index (χ4n) is 0.901. The van der Waals surface area contributed by atoms with Crippen LogP contribution in [0.3, 0.4) is 0 Å². The van der Waals surface area contributed by atoms with Crippen molar-refractivity contribution in [3.8, 4) is 0 Å². The summed E-state index contributed by atoms with van der Waals surface area (Å²) in [5, 5.41) is 4.04. The molecule has 0 N–H and O–H groups in total. The standard InChI is InChI=1S/C7H8F3N3O/c1-6(14)12(5-7(8,9)10)13-4-2-3-11-13/h2-4H,5H2,1H3. The molecule has 1 heterocycles. The largest absolute Gasteiger partial charge is 0.408 e. The lowest BCUT2D eigenvalue weighted by molar-refractivity contribution is -0.135. The summed E-state index contributed by atoms with van der Waals surface area (Å²) < 4.78 is 36.1. The van der Waals surface area contributed by atoms with Crippen LogP contribution < -0.4 is 5.01 Å². The van der Waals surface area contributed by atoms with E-state index in [9.17, 15) is 18.0 Å². The Morgan fingerprint density at radius 1 is 1.57 bits per heavy atom. The van der Waals surface area contributed by atoms with Crippen LogP contribution in [0.15, 0.2) is 18.5 Å². The first-order chi connectivity index (χ1) is 6.40. The van der Waals surface area contributed by atoms with E-state index < -0.39 is 18.6 Å². The van der Waals surface area contributed by atoms with Gasteiger partial charge in [0.25, 0.3) is 0 Å². The molecule has 0 bridgehead atoms. The number of carbonyl (C=O) groups excluding carboxylic acids is 1. The predicted molar refractivity (Wildman–Crippen MR) is 42.0 cm³/mol. The minimum absolute atomic E-state index is 0.500. The molecule has 78 valence electrons. The molecule has 0 spiro atoms. The van der Waals surface area contributed by atoms with Crippen molar-refractivity contribution in [1.29, 1.82) is 0 Å². The second-order valence-electron chi connectivity index (χ2n) is 2.62. The summed E-state index contributed by atoms with van der Waals surface area (Å²) in [5.41, 5.74) is 0. The van der Waals surface area contributed by atoms with Gasteiger partial charge in [0.05, 0.1) is 6.20 Å². The Kier molecular flexibility index (Phi) is 2.78. The highest BCUT2D eigenvalue weighted by atomic mass is 19.4. The summed E-state index contributed by atoms with van der Waals surface area (Å²) in [7, 11) is 0. The average molecular weight is 207 g/mol. The second kappa shape index (κ2) is 3.69. The quantitative estimate of drug-likeness (QED) is 0.723. The molecule has 4 nitrogen and oxygen atoms in total. The highest BCUT2D eigenvalue weighted by Crippen LogP contribution is 2.15. The number of alkyl halides is 3. The zero-order valence-electron chi connectivity index (χ0n) is 7.32. The molecule has 0 saturated carbocycles. The third-order valence-corrected chi connectivity index (χ3v) is 1.43. The van der Waals surface area contributed by atoms with E-state index in [1.165, 1.54) is 18.5 Å². The smallest absolute Gasteiger partial charge is 0.273 e. The number of amides is 1. The van der Waals surface area contributed by atoms with E-state index in [2.05, 4.69) is 5.10 Å². The van der Waals surface area contributed by atoms with Crippen molar-refractivity contribution in [2.24, 2.45) is 0 Å². The van der Waals surface area contributed by atoms with Crippen LogP contribution in [0.25, 0.3) is 0 Å². The Morgan fingerprint density at radius 2 is 2.21 bits per heavy atom. The lowest BCUT2D eigenvalue weighted by Crippen LogP contribution is -2.45. The molecule has 0 aliphatic carbocycles. The number of rotatable bonds is 2. The molecule has 0 saturated heterocycles. The molecule has 7 heteroatoms. The number of carbonyl (C=O) groups is 1. The van der Waals surface area contributed by atoms with Gasteiger partial charge in [-0.25, -0.2) is 5.01 Å². The molecule has 0 atom stereocenters. The van der Waals surface area contributed by atoms with Crippen molar-refractivity contribution in [1.82, 2.24) is 9.89 Å². The first kappa shape index (κ1) is 10.6. The van der Waals surface area contributed by atoms with Crippen molar-refractivity contribution in [3.05, 3.63) is 18.5 Å². The summed E-state index contributed by atoms with van der Waals surface area (Å²) in [4.78, 5) is 11.7. The summed E-state index contributed by atoms with van der Waals surface area (Å²) in [6, 6.07) is 1.44. The maximum Gasteiger partial charge on any atom is 0.408 e. The van der Waals surface area contributed by atoms with E-state index in [-0.39, 0.29) is 0 Å². The molecule has 1 aromatic rings. The molecule has 0 radical (unpaired) electrons. The highest BCUT2D eigenvalue weighted by molar-refractivity contribution is 5.83. The Labute approximate surface area is 77.9 Å². The average Bonchev–Trinajstić information content (AvgIpc) is 2.49. The molecule has 1 aromatic heterocycles. The van der Waals surface area contributed by atoms with Crippen LogP contribution in [0.5, 0.6) is 0 Å². The van der Waals surface area contributed by atoms with Gasteiger partial charge in [0.1, 0.15) is 6.54 Å². The van der Waals surface area contributed by atoms with E-state index >= 15 is 0 Å². The summed E-state index contributed by atoms with van der Waals surface area (Å²) in [6.07, 6.45) is -1.86. The van der Waals surface area contributed by atoms with Gasteiger partial charge in [-0.1, -0.05) is 0 Å². The van der Waals surface area contributed by atoms with Gasteiger partial charge in [0.2, 0.25) is 5.91 Å². The van der Waals surface area contributed by atoms with Gasteiger partial charge in [0.15, 0.2) is 0 Å².